The van der Waals surface area contributed by atoms with Gasteiger partial charge in [-0.2, -0.15) is 0 Å². The SMILES string of the molecule is Cn1nnnc1N1CCC(NC(=O)c2cnc3nc(C4CC4)sc3c2)CC1. The number of carbonyl (C=O) groups is 1. The Morgan fingerprint density at radius 1 is 1.26 bits per heavy atom. The summed E-state index contributed by atoms with van der Waals surface area (Å²) in [6.45, 7) is 1.63. The number of anilines is 1. The van der Waals surface area contributed by atoms with Gasteiger partial charge in [0.25, 0.3) is 5.91 Å². The van der Waals surface area contributed by atoms with Gasteiger partial charge in [0.1, 0.15) is 0 Å². The molecule has 1 aliphatic heterocycles. The van der Waals surface area contributed by atoms with Crippen molar-refractivity contribution in [2.75, 3.05) is 18.0 Å². The number of hydrogen-bond acceptors (Lipinski definition) is 8. The molecule has 1 saturated carbocycles. The van der Waals surface area contributed by atoms with Gasteiger partial charge in [-0.25, -0.2) is 14.6 Å². The van der Waals surface area contributed by atoms with E-state index in [9.17, 15) is 4.79 Å². The first-order valence-corrected chi connectivity index (χ1v) is 10.0. The number of tetrazole rings is 1. The van der Waals surface area contributed by atoms with Gasteiger partial charge < -0.3 is 10.2 Å². The summed E-state index contributed by atoms with van der Waals surface area (Å²) in [5.74, 6) is 1.31. The van der Waals surface area contributed by atoms with E-state index in [0.29, 0.717) is 11.5 Å². The van der Waals surface area contributed by atoms with Gasteiger partial charge in [0.15, 0.2) is 5.65 Å². The molecule has 2 fully saturated rings. The summed E-state index contributed by atoms with van der Waals surface area (Å²) in [7, 11) is 1.83. The number of nitrogens with zero attached hydrogens (tertiary/aromatic N) is 7. The number of aryl methyl sites for hydroxylation is 1. The monoisotopic (exact) mass is 384 g/mol. The van der Waals surface area contributed by atoms with Crippen molar-refractivity contribution in [2.45, 2.75) is 37.6 Å². The van der Waals surface area contributed by atoms with Crippen molar-refractivity contribution < 1.29 is 4.79 Å². The first kappa shape index (κ1) is 16.5. The Balaban J connectivity index is 1.23. The van der Waals surface area contributed by atoms with E-state index in [1.807, 2.05) is 13.1 Å². The molecule has 1 aliphatic carbocycles. The van der Waals surface area contributed by atoms with Gasteiger partial charge in [-0.1, -0.05) is 5.10 Å². The van der Waals surface area contributed by atoms with Crippen molar-refractivity contribution in [1.82, 2.24) is 35.5 Å². The Hall–Kier alpha value is -2.62. The molecular formula is C17H20N8OS. The predicted molar refractivity (Wildman–Crippen MR) is 101 cm³/mol. The van der Waals surface area contributed by atoms with E-state index >= 15 is 0 Å². The number of carbonyl (C=O) groups excluding carboxylic acids is 1. The fourth-order valence-electron chi connectivity index (χ4n) is 3.45. The molecule has 27 heavy (non-hydrogen) atoms. The Kier molecular flexibility index (Phi) is 4.00. The highest BCUT2D eigenvalue weighted by Crippen LogP contribution is 2.43. The van der Waals surface area contributed by atoms with Gasteiger partial charge >= 0.3 is 0 Å². The average Bonchev–Trinajstić information content (AvgIpc) is 3.30. The lowest BCUT2D eigenvalue weighted by molar-refractivity contribution is 0.0931. The number of rotatable bonds is 4. The standard InChI is InChI=1S/C17H20N8OS/c1-24-17(21-22-23-24)25-6-4-12(5-7-25)19-15(26)11-8-13-14(18-9-11)20-16(27-13)10-2-3-10/h8-10,12H,2-7H2,1H3,(H,19,26). The van der Waals surface area contributed by atoms with Gasteiger partial charge in [-0.3, -0.25) is 4.79 Å². The van der Waals surface area contributed by atoms with Crippen LogP contribution in [-0.4, -0.2) is 55.2 Å². The highest BCUT2D eigenvalue weighted by Gasteiger charge is 2.28. The number of amides is 1. The molecule has 5 rings (SSSR count). The molecule has 1 amide bonds. The Morgan fingerprint density at radius 2 is 2.07 bits per heavy atom. The number of hydrogen-bond donors (Lipinski definition) is 1. The summed E-state index contributed by atoms with van der Waals surface area (Å²) >= 11 is 1.66. The number of aromatic nitrogens is 6. The summed E-state index contributed by atoms with van der Waals surface area (Å²) in [4.78, 5) is 23.8. The zero-order valence-corrected chi connectivity index (χ0v) is 15.8. The third-order valence-corrected chi connectivity index (χ3v) is 6.32. The normalized spacial score (nSPS) is 18.2. The fraction of sp³-hybridized carbons (Fsp3) is 0.529. The summed E-state index contributed by atoms with van der Waals surface area (Å²) in [6, 6.07) is 2.07. The lowest BCUT2D eigenvalue weighted by Crippen LogP contribution is -2.45. The van der Waals surface area contributed by atoms with Crippen molar-refractivity contribution in [3.05, 3.63) is 22.8 Å². The van der Waals surface area contributed by atoms with Gasteiger partial charge in [0, 0.05) is 38.3 Å². The minimum Gasteiger partial charge on any atom is -0.349 e. The fourth-order valence-corrected chi connectivity index (χ4v) is 4.59. The zero-order valence-electron chi connectivity index (χ0n) is 15.0. The molecule has 10 heteroatoms. The molecule has 140 valence electrons. The molecule has 1 N–H and O–H groups in total. The molecule has 0 spiro atoms. The number of thiazole rings is 1. The first-order chi connectivity index (χ1) is 13.2. The van der Waals surface area contributed by atoms with Crippen LogP contribution in [0.4, 0.5) is 5.95 Å². The smallest absolute Gasteiger partial charge is 0.253 e. The third kappa shape index (κ3) is 3.25. The van der Waals surface area contributed by atoms with Crippen LogP contribution in [0.3, 0.4) is 0 Å². The minimum atomic E-state index is -0.0652. The van der Waals surface area contributed by atoms with Crippen LogP contribution < -0.4 is 10.2 Å². The van der Waals surface area contributed by atoms with Crippen LogP contribution in [0.2, 0.25) is 0 Å². The van der Waals surface area contributed by atoms with Gasteiger partial charge in [0.2, 0.25) is 5.95 Å². The molecule has 3 aromatic heterocycles. The van der Waals surface area contributed by atoms with Crippen molar-refractivity contribution in [3.63, 3.8) is 0 Å². The Bertz CT molecular complexity index is 986. The highest BCUT2D eigenvalue weighted by atomic mass is 32.1. The van der Waals surface area contributed by atoms with Crippen LogP contribution in [0.25, 0.3) is 10.3 Å². The van der Waals surface area contributed by atoms with Gasteiger partial charge in [0.05, 0.1) is 15.3 Å². The first-order valence-electron chi connectivity index (χ1n) is 9.22. The molecule has 2 aliphatic rings. The number of fused-ring (bicyclic) bond motifs is 1. The second kappa shape index (κ2) is 6.52. The number of pyridine rings is 1. The quantitative estimate of drug-likeness (QED) is 0.727. The predicted octanol–water partition coefficient (Wildman–Crippen LogP) is 1.49. The molecule has 9 nitrogen and oxygen atoms in total. The van der Waals surface area contributed by atoms with Crippen LogP contribution in [0.15, 0.2) is 12.3 Å². The van der Waals surface area contributed by atoms with Crippen LogP contribution in [0.5, 0.6) is 0 Å². The molecule has 1 saturated heterocycles. The molecule has 3 aromatic rings. The maximum absolute atomic E-state index is 12.7. The van der Waals surface area contributed by atoms with Crippen molar-refractivity contribution in [1.29, 1.82) is 0 Å². The maximum atomic E-state index is 12.7. The van der Waals surface area contributed by atoms with Crippen LogP contribution in [-0.2, 0) is 7.05 Å². The maximum Gasteiger partial charge on any atom is 0.253 e. The van der Waals surface area contributed by atoms with Crippen LogP contribution in [0, 0.1) is 0 Å². The molecule has 4 heterocycles. The van der Waals surface area contributed by atoms with E-state index in [0.717, 1.165) is 47.2 Å². The van der Waals surface area contributed by atoms with E-state index in [1.54, 1.807) is 22.2 Å². The van der Waals surface area contributed by atoms with Crippen molar-refractivity contribution in [2.24, 2.45) is 7.05 Å². The minimum absolute atomic E-state index is 0.0652. The average molecular weight is 384 g/mol. The number of nitrogens with one attached hydrogen (secondary N) is 1. The van der Waals surface area contributed by atoms with Gasteiger partial charge in [-0.05, 0) is 42.2 Å². The molecular weight excluding hydrogens is 364 g/mol. The molecule has 0 atom stereocenters. The zero-order chi connectivity index (χ0) is 18.4. The van der Waals surface area contributed by atoms with Crippen molar-refractivity contribution in [3.8, 4) is 0 Å². The summed E-state index contributed by atoms with van der Waals surface area (Å²) < 4.78 is 2.67. The lowest BCUT2D eigenvalue weighted by atomic mass is 10.0. The molecule has 0 bridgehead atoms. The molecule has 0 radical (unpaired) electrons. The van der Waals surface area contributed by atoms with E-state index in [1.165, 1.54) is 12.8 Å². The van der Waals surface area contributed by atoms with Crippen LogP contribution >= 0.6 is 11.3 Å². The second-order valence-electron chi connectivity index (χ2n) is 7.21. The molecule has 0 aromatic carbocycles. The largest absolute Gasteiger partial charge is 0.349 e. The van der Waals surface area contributed by atoms with Gasteiger partial charge in [-0.15, -0.1) is 11.3 Å². The lowest BCUT2D eigenvalue weighted by Gasteiger charge is -2.32. The van der Waals surface area contributed by atoms with E-state index < -0.39 is 0 Å². The van der Waals surface area contributed by atoms with Crippen molar-refractivity contribution >= 4 is 33.5 Å². The number of piperidine rings is 1. The summed E-state index contributed by atoms with van der Waals surface area (Å²) in [5, 5.41) is 15.9. The summed E-state index contributed by atoms with van der Waals surface area (Å²) in [6.07, 6.45) is 5.79. The topological polar surface area (TPSA) is 102 Å². The van der Waals surface area contributed by atoms with Crippen LogP contribution in [0.1, 0.15) is 47.0 Å². The van der Waals surface area contributed by atoms with E-state index in [-0.39, 0.29) is 11.9 Å². The second-order valence-corrected chi connectivity index (χ2v) is 8.27. The van der Waals surface area contributed by atoms with E-state index in [2.05, 4.69) is 35.7 Å². The third-order valence-electron chi connectivity index (χ3n) is 5.16. The van der Waals surface area contributed by atoms with E-state index in [4.69, 9.17) is 0 Å². The Morgan fingerprint density at radius 3 is 2.78 bits per heavy atom. The highest BCUT2D eigenvalue weighted by molar-refractivity contribution is 7.18. The Labute approximate surface area is 159 Å². The molecule has 0 unspecified atom stereocenters. The summed E-state index contributed by atoms with van der Waals surface area (Å²) in [5.41, 5.74) is 1.36.